The number of amides is 1. The molecule has 23 heavy (non-hydrogen) atoms. The summed E-state index contributed by atoms with van der Waals surface area (Å²) in [5.74, 6) is -0.516. The molecule has 3 N–H and O–H groups in total. The van der Waals surface area contributed by atoms with Crippen molar-refractivity contribution in [2.24, 2.45) is 17.6 Å². The first-order valence-electron chi connectivity index (χ1n) is 7.53. The molecule has 1 unspecified atom stereocenters. The van der Waals surface area contributed by atoms with Crippen LogP contribution in [0.25, 0.3) is 0 Å². The fourth-order valence-electron chi connectivity index (χ4n) is 3.11. The van der Waals surface area contributed by atoms with Gasteiger partial charge in [0.2, 0.25) is 5.91 Å². The predicted octanol–water partition coefficient (Wildman–Crippen LogP) is 3.59. The number of alkyl halides is 3. The van der Waals surface area contributed by atoms with Gasteiger partial charge in [0.15, 0.2) is 0 Å². The van der Waals surface area contributed by atoms with Gasteiger partial charge < -0.3 is 11.1 Å². The highest BCUT2D eigenvalue weighted by Gasteiger charge is 2.37. The minimum atomic E-state index is -4.34. The van der Waals surface area contributed by atoms with Crippen LogP contribution >= 0.6 is 12.4 Å². The molecule has 0 spiro atoms. The van der Waals surface area contributed by atoms with Crippen LogP contribution in [0.4, 0.5) is 13.2 Å². The Morgan fingerprint density at radius 2 is 1.91 bits per heavy atom. The maximum Gasteiger partial charge on any atom is 0.391 e. The van der Waals surface area contributed by atoms with Gasteiger partial charge in [-0.25, -0.2) is 0 Å². The third kappa shape index (κ3) is 5.70. The van der Waals surface area contributed by atoms with Crippen LogP contribution in [0.2, 0.25) is 0 Å². The Labute approximate surface area is 140 Å². The van der Waals surface area contributed by atoms with Crippen LogP contribution < -0.4 is 11.1 Å². The molecule has 1 saturated carbocycles. The Kier molecular flexibility index (Phi) is 7.35. The summed E-state index contributed by atoms with van der Waals surface area (Å²) in [4.78, 5) is 12.4. The maximum absolute atomic E-state index is 12.8. The third-order valence-corrected chi connectivity index (χ3v) is 4.25. The van der Waals surface area contributed by atoms with Gasteiger partial charge in [-0.15, -0.1) is 12.4 Å². The second kappa shape index (κ2) is 8.55. The predicted molar refractivity (Wildman–Crippen MR) is 85.1 cm³/mol. The number of rotatable bonds is 5. The van der Waals surface area contributed by atoms with Crippen molar-refractivity contribution in [3.63, 3.8) is 0 Å². The van der Waals surface area contributed by atoms with E-state index in [1.54, 1.807) is 30.3 Å². The van der Waals surface area contributed by atoms with Gasteiger partial charge in [0, 0.05) is 5.92 Å². The number of hydrogen-bond donors (Lipinski definition) is 2. The van der Waals surface area contributed by atoms with Gasteiger partial charge in [0.25, 0.3) is 0 Å². The normalized spacial score (nSPS) is 22.3. The molecule has 1 amide bonds. The zero-order valence-corrected chi connectivity index (χ0v) is 13.5. The number of nitrogens with one attached hydrogen (secondary N) is 1. The molecule has 0 saturated heterocycles. The molecule has 3 nitrogen and oxygen atoms in total. The van der Waals surface area contributed by atoms with E-state index >= 15 is 0 Å². The van der Waals surface area contributed by atoms with Crippen LogP contribution in [0, 0.1) is 11.8 Å². The molecule has 1 fully saturated rings. The van der Waals surface area contributed by atoms with Crippen molar-refractivity contribution in [2.45, 2.75) is 37.9 Å². The Morgan fingerprint density at radius 1 is 1.26 bits per heavy atom. The van der Waals surface area contributed by atoms with E-state index in [0.717, 1.165) is 12.8 Å². The highest BCUT2D eigenvalue weighted by molar-refractivity contribution is 5.85. The summed E-state index contributed by atoms with van der Waals surface area (Å²) in [5, 5.41) is 2.58. The molecule has 1 aromatic rings. The van der Waals surface area contributed by atoms with E-state index < -0.39 is 18.6 Å². The summed E-state index contributed by atoms with van der Waals surface area (Å²) < 4.78 is 38.4. The van der Waals surface area contributed by atoms with E-state index in [-0.39, 0.29) is 30.2 Å². The molecule has 3 atom stereocenters. The number of halogens is 4. The first kappa shape index (κ1) is 19.8. The van der Waals surface area contributed by atoms with Gasteiger partial charge in [-0.1, -0.05) is 36.8 Å². The standard InChI is InChI=1S/C16H21F3N2O.ClH/c17-16(18,19)9-14(11-5-2-1-3-6-11)21-15(22)13-8-4-7-12(13)10-20;/h1-3,5-6,12-14H,4,7-10,20H2,(H,21,22);1H/t12-,13-,14?;/m1./s1. The average molecular weight is 351 g/mol. The van der Waals surface area contributed by atoms with Crippen LogP contribution in [0.15, 0.2) is 30.3 Å². The second-order valence-corrected chi connectivity index (χ2v) is 5.82. The quantitative estimate of drug-likeness (QED) is 0.852. The van der Waals surface area contributed by atoms with Crippen LogP contribution in [0.1, 0.15) is 37.3 Å². The monoisotopic (exact) mass is 350 g/mol. The molecule has 1 aliphatic carbocycles. The van der Waals surface area contributed by atoms with E-state index in [0.29, 0.717) is 18.5 Å². The van der Waals surface area contributed by atoms with Crippen molar-refractivity contribution in [2.75, 3.05) is 6.54 Å². The lowest BCUT2D eigenvalue weighted by atomic mass is 9.94. The third-order valence-electron chi connectivity index (χ3n) is 4.25. The summed E-state index contributed by atoms with van der Waals surface area (Å²) in [6, 6.07) is 7.23. The van der Waals surface area contributed by atoms with E-state index in [1.165, 1.54) is 0 Å². The van der Waals surface area contributed by atoms with Crippen molar-refractivity contribution in [1.29, 1.82) is 0 Å². The molecular weight excluding hydrogens is 329 g/mol. The minimum Gasteiger partial charge on any atom is -0.349 e. The van der Waals surface area contributed by atoms with Crippen molar-refractivity contribution in [3.05, 3.63) is 35.9 Å². The Morgan fingerprint density at radius 3 is 2.48 bits per heavy atom. The van der Waals surface area contributed by atoms with Crippen molar-refractivity contribution in [3.8, 4) is 0 Å². The maximum atomic E-state index is 12.8. The van der Waals surface area contributed by atoms with Gasteiger partial charge >= 0.3 is 6.18 Å². The molecule has 1 aromatic carbocycles. The van der Waals surface area contributed by atoms with Crippen LogP contribution in [-0.2, 0) is 4.79 Å². The van der Waals surface area contributed by atoms with Crippen molar-refractivity contribution < 1.29 is 18.0 Å². The molecule has 0 aliphatic heterocycles. The van der Waals surface area contributed by atoms with Gasteiger partial charge in [-0.2, -0.15) is 13.2 Å². The Bertz CT molecular complexity index is 496. The van der Waals surface area contributed by atoms with Crippen molar-refractivity contribution in [1.82, 2.24) is 5.32 Å². The summed E-state index contributed by atoms with van der Waals surface area (Å²) in [5.41, 5.74) is 6.11. The number of nitrogens with two attached hydrogens (primary N) is 1. The Balaban J connectivity index is 0.00000264. The smallest absolute Gasteiger partial charge is 0.349 e. The molecule has 0 heterocycles. The zero-order chi connectivity index (χ0) is 16.2. The molecule has 0 aromatic heterocycles. The molecule has 1 aliphatic rings. The van der Waals surface area contributed by atoms with E-state index in [1.807, 2.05) is 0 Å². The topological polar surface area (TPSA) is 55.1 Å². The van der Waals surface area contributed by atoms with Crippen molar-refractivity contribution >= 4 is 18.3 Å². The summed E-state index contributed by atoms with van der Waals surface area (Å²) in [6.45, 7) is 0.396. The van der Waals surface area contributed by atoms with Crippen LogP contribution in [0.5, 0.6) is 0 Å². The van der Waals surface area contributed by atoms with E-state index in [9.17, 15) is 18.0 Å². The molecule has 2 rings (SSSR count). The average Bonchev–Trinajstić information content (AvgIpc) is 2.94. The van der Waals surface area contributed by atoms with Gasteiger partial charge in [0.05, 0.1) is 12.5 Å². The van der Waals surface area contributed by atoms with Gasteiger partial charge in [-0.3, -0.25) is 4.79 Å². The SMILES string of the molecule is Cl.NC[C@H]1CCC[C@H]1C(=O)NC(CC(F)(F)F)c1ccccc1. The first-order valence-corrected chi connectivity index (χ1v) is 7.53. The lowest BCUT2D eigenvalue weighted by Gasteiger charge is -2.24. The fourth-order valence-corrected chi connectivity index (χ4v) is 3.11. The number of hydrogen-bond acceptors (Lipinski definition) is 2. The molecular formula is C16H22ClF3N2O. The van der Waals surface area contributed by atoms with E-state index in [2.05, 4.69) is 5.32 Å². The summed E-state index contributed by atoms with van der Waals surface area (Å²) in [7, 11) is 0. The Hall–Kier alpha value is -1.27. The first-order chi connectivity index (χ1) is 10.4. The van der Waals surface area contributed by atoms with Gasteiger partial charge in [0.1, 0.15) is 0 Å². The molecule has 0 bridgehead atoms. The second-order valence-electron chi connectivity index (χ2n) is 5.82. The number of carbonyl (C=O) groups excluding carboxylic acids is 1. The molecule has 0 radical (unpaired) electrons. The van der Waals surface area contributed by atoms with E-state index in [4.69, 9.17) is 5.73 Å². The van der Waals surface area contributed by atoms with Gasteiger partial charge in [-0.05, 0) is 30.9 Å². The number of carbonyl (C=O) groups is 1. The highest BCUT2D eigenvalue weighted by atomic mass is 35.5. The summed E-state index contributed by atoms with van der Waals surface area (Å²) in [6.07, 6.45) is -2.94. The number of benzene rings is 1. The fraction of sp³-hybridized carbons (Fsp3) is 0.562. The van der Waals surface area contributed by atoms with Crippen LogP contribution in [0.3, 0.4) is 0 Å². The lowest BCUT2D eigenvalue weighted by molar-refractivity contribution is -0.144. The highest BCUT2D eigenvalue weighted by Crippen LogP contribution is 2.33. The zero-order valence-electron chi connectivity index (χ0n) is 12.7. The lowest BCUT2D eigenvalue weighted by Crippen LogP contribution is -2.38. The van der Waals surface area contributed by atoms with Crippen LogP contribution in [-0.4, -0.2) is 18.6 Å². The summed E-state index contributed by atoms with van der Waals surface area (Å²) >= 11 is 0. The minimum absolute atomic E-state index is 0. The molecule has 7 heteroatoms. The largest absolute Gasteiger partial charge is 0.391 e. The molecule has 130 valence electrons.